The van der Waals surface area contributed by atoms with Gasteiger partial charge in [-0.05, 0) is 62.4 Å². The van der Waals surface area contributed by atoms with E-state index in [0.29, 0.717) is 29.6 Å². The van der Waals surface area contributed by atoms with Gasteiger partial charge in [-0.1, -0.05) is 19.3 Å². The number of anilines is 2. The largest absolute Gasteiger partial charge is 0.324 e. The van der Waals surface area contributed by atoms with E-state index in [1.54, 1.807) is 45.4 Å². The molecule has 1 aliphatic heterocycles. The fraction of sp³-hybridized carbons (Fsp3) is 0.458. The van der Waals surface area contributed by atoms with Crippen molar-refractivity contribution in [1.82, 2.24) is 18.8 Å². The average molecular weight is 468 g/mol. The van der Waals surface area contributed by atoms with Crippen LogP contribution >= 0.6 is 0 Å². The Balaban J connectivity index is 1.45. The molecule has 0 amide bonds. The van der Waals surface area contributed by atoms with Gasteiger partial charge in [0.2, 0.25) is 16.0 Å². The van der Waals surface area contributed by atoms with Crippen LogP contribution in [-0.2, 0) is 10.0 Å². The van der Waals surface area contributed by atoms with Crippen LogP contribution in [0.2, 0.25) is 0 Å². The summed E-state index contributed by atoms with van der Waals surface area (Å²) < 4.78 is 29.4. The van der Waals surface area contributed by atoms with Crippen LogP contribution in [0.25, 0.3) is 11.0 Å². The summed E-state index contributed by atoms with van der Waals surface area (Å²) in [7, 11) is -3.49. The summed E-state index contributed by atoms with van der Waals surface area (Å²) in [5, 5.41) is 4.04. The molecule has 2 aromatic heterocycles. The van der Waals surface area contributed by atoms with Gasteiger partial charge in [-0.15, -0.1) is 0 Å². The van der Waals surface area contributed by atoms with Crippen molar-refractivity contribution in [2.24, 2.45) is 0 Å². The molecule has 0 atom stereocenters. The number of piperidine rings is 1. The third kappa shape index (κ3) is 4.27. The topological polar surface area (TPSA) is 97.2 Å². The molecule has 174 valence electrons. The Morgan fingerprint density at radius 3 is 2.48 bits per heavy atom. The number of pyridine rings is 1. The molecule has 1 aliphatic carbocycles. The Hall–Kier alpha value is -2.78. The maximum Gasteiger partial charge on any atom is 0.252 e. The van der Waals surface area contributed by atoms with Gasteiger partial charge < -0.3 is 5.32 Å². The number of hydrogen-bond acceptors (Lipinski definition) is 6. The molecule has 5 rings (SSSR count). The number of hydrogen-bond donors (Lipinski definition) is 1. The lowest BCUT2D eigenvalue weighted by molar-refractivity contribution is 0.346. The van der Waals surface area contributed by atoms with Gasteiger partial charge in [-0.25, -0.2) is 13.4 Å². The minimum Gasteiger partial charge on any atom is -0.324 e. The molecule has 9 heteroatoms. The third-order valence-electron chi connectivity index (χ3n) is 6.75. The molecule has 0 spiro atoms. The molecule has 0 radical (unpaired) electrons. The second-order valence-electron chi connectivity index (χ2n) is 9.02. The zero-order valence-electron chi connectivity index (χ0n) is 18.8. The highest BCUT2D eigenvalue weighted by molar-refractivity contribution is 7.89. The first-order valence-corrected chi connectivity index (χ1v) is 13.1. The second kappa shape index (κ2) is 8.87. The van der Waals surface area contributed by atoms with Crippen molar-refractivity contribution in [2.45, 2.75) is 62.8 Å². The molecule has 8 nitrogen and oxygen atoms in total. The van der Waals surface area contributed by atoms with Gasteiger partial charge in [0.1, 0.15) is 5.65 Å². The number of aryl methyl sites for hydroxylation is 1. The van der Waals surface area contributed by atoms with Crippen LogP contribution in [0.15, 0.2) is 46.2 Å². The molecule has 1 N–H and O–H groups in total. The first-order chi connectivity index (χ1) is 15.9. The number of sulfonamides is 1. The van der Waals surface area contributed by atoms with Gasteiger partial charge in [0.15, 0.2) is 0 Å². The maximum atomic E-state index is 13.0. The average Bonchev–Trinajstić information content (AvgIpc) is 3.35. The van der Waals surface area contributed by atoms with E-state index in [2.05, 4.69) is 15.3 Å². The monoisotopic (exact) mass is 467 g/mol. The fourth-order valence-corrected chi connectivity index (χ4v) is 6.53. The first-order valence-electron chi connectivity index (χ1n) is 11.7. The van der Waals surface area contributed by atoms with Gasteiger partial charge in [-0.3, -0.25) is 9.36 Å². The summed E-state index contributed by atoms with van der Waals surface area (Å²) in [6.07, 6.45) is 8.82. The lowest BCUT2D eigenvalue weighted by atomic mass is 10.2. The highest BCUT2D eigenvalue weighted by Crippen LogP contribution is 2.31. The fourth-order valence-electron chi connectivity index (χ4n) is 4.93. The van der Waals surface area contributed by atoms with E-state index >= 15 is 0 Å². The number of fused-ring (bicyclic) bond motifs is 1. The van der Waals surface area contributed by atoms with Crippen LogP contribution < -0.4 is 10.9 Å². The summed E-state index contributed by atoms with van der Waals surface area (Å²) in [6, 6.07) is 8.61. The molecule has 3 aromatic rings. The van der Waals surface area contributed by atoms with Crippen LogP contribution in [-0.4, -0.2) is 40.3 Å². The van der Waals surface area contributed by atoms with Crippen molar-refractivity contribution >= 4 is 32.7 Å². The SMILES string of the molecule is Cc1cc(S(=O)(=O)N2CCCCC2)ccc1Nc1ncc2ccc(=O)n(C3CCCC3)c2n1. The molecule has 3 heterocycles. The van der Waals surface area contributed by atoms with Gasteiger partial charge in [0, 0.05) is 42.5 Å². The van der Waals surface area contributed by atoms with E-state index in [4.69, 9.17) is 0 Å². The van der Waals surface area contributed by atoms with E-state index in [1.807, 2.05) is 6.92 Å². The molecule has 1 aromatic carbocycles. The lowest BCUT2D eigenvalue weighted by Gasteiger charge is -2.26. The van der Waals surface area contributed by atoms with E-state index < -0.39 is 10.0 Å². The Morgan fingerprint density at radius 2 is 1.76 bits per heavy atom. The van der Waals surface area contributed by atoms with Crippen LogP contribution in [0.1, 0.15) is 56.6 Å². The molecule has 2 fully saturated rings. The summed E-state index contributed by atoms with van der Waals surface area (Å²) >= 11 is 0. The predicted molar refractivity (Wildman–Crippen MR) is 128 cm³/mol. The Kier molecular flexibility index (Phi) is 5.92. The molecule has 0 bridgehead atoms. The lowest BCUT2D eigenvalue weighted by Crippen LogP contribution is -2.35. The number of rotatable bonds is 5. The van der Waals surface area contributed by atoms with Gasteiger partial charge in [0.25, 0.3) is 5.56 Å². The number of nitrogens with zero attached hydrogens (tertiary/aromatic N) is 4. The van der Waals surface area contributed by atoms with E-state index in [9.17, 15) is 13.2 Å². The highest BCUT2D eigenvalue weighted by Gasteiger charge is 2.26. The van der Waals surface area contributed by atoms with E-state index in [0.717, 1.165) is 61.6 Å². The Morgan fingerprint density at radius 1 is 1.00 bits per heavy atom. The van der Waals surface area contributed by atoms with Crippen LogP contribution in [0.3, 0.4) is 0 Å². The summed E-state index contributed by atoms with van der Waals surface area (Å²) in [4.78, 5) is 22.0. The third-order valence-corrected chi connectivity index (χ3v) is 8.65. The highest BCUT2D eigenvalue weighted by atomic mass is 32.2. The van der Waals surface area contributed by atoms with Gasteiger partial charge in [-0.2, -0.15) is 9.29 Å². The van der Waals surface area contributed by atoms with Crippen LogP contribution in [0.4, 0.5) is 11.6 Å². The van der Waals surface area contributed by atoms with Gasteiger partial charge in [0.05, 0.1) is 4.90 Å². The van der Waals surface area contributed by atoms with Crippen LogP contribution in [0.5, 0.6) is 0 Å². The predicted octanol–water partition coefficient (Wildman–Crippen LogP) is 4.13. The molecule has 33 heavy (non-hydrogen) atoms. The van der Waals surface area contributed by atoms with Gasteiger partial charge >= 0.3 is 0 Å². The van der Waals surface area contributed by atoms with Crippen molar-refractivity contribution in [2.75, 3.05) is 18.4 Å². The smallest absolute Gasteiger partial charge is 0.252 e. The minimum atomic E-state index is -3.49. The zero-order valence-corrected chi connectivity index (χ0v) is 19.6. The van der Waals surface area contributed by atoms with Crippen molar-refractivity contribution in [3.8, 4) is 0 Å². The quantitative estimate of drug-likeness (QED) is 0.606. The zero-order chi connectivity index (χ0) is 23.0. The number of aromatic nitrogens is 3. The second-order valence-corrected chi connectivity index (χ2v) is 11.0. The van der Waals surface area contributed by atoms with Crippen molar-refractivity contribution in [3.05, 3.63) is 52.4 Å². The van der Waals surface area contributed by atoms with Crippen LogP contribution in [0, 0.1) is 6.92 Å². The summed E-state index contributed by atoms with van der Waals surface area (Å²) in [6.45, 7) is 3.02. The number of nitrogens with one attached hydrogen (secondary N) is 1. The number of benzene rings is 1. The normalized spacial score (nSPS) is 18.1. The van der Waals surface area contributed by atoms with Crippen molar-refractivity contribution in [3.63, 3.8) is 0 Å². The first kappa shape index (κ1) is 22.0. The molecule has 2 aliphatic rings. The maximum absolute atomic E-state index is 13.0. The standard InChI is InChI=1S/C24H29N5O3S/c1-17-15-20(33(31,32)28-13-5-2-6-14-28)10-11-21(17)26-24-25-16-18-9-12-22(30)29(23(18)27-24)19-7-3-4-8-19/h9-12,15-16,19H,2-8,13-14H2,1H3,(H,25,26,27). The van der Waals surface area contributed by atoms with E-state index in [1.165, 1.54) is 0 Å². The molecule has 1 saturated carbocycles. The minimum absolute atomic E-state index is 0.0393. The van der Waals surface area contributed by atoms with Crippen molar-refractivity contribution < 1.29 is 8.42 Å². The summed E-state index contributed by atoms with van der Waals surface area (Å²) in [5.74, 6) is 0.384. The molecular weight excluding hydrogens is 438 g/mol. The van der Waals surface area contributed by atoms with E-state index in [-0.39, 0.29) is 11.6 Å². The Labute approximate surface area is 193 Å². The molecule has 1 saturated heterocycles. The van der Waals surface area contributed by atoms with Crippen molar-refractivity contribution in [1.29, 1.82) is 0 Å². The molecular formula is C24H29N5O3S. The Bertz CT molecular complexity index is 1340. The molecule has 0 unspecified atom stereocenters. The summed E-state index contributed by atoms with van der Waals surface area (Å²) in [5.41, 5.74) is 2.12.